The summed E-state index contributed by atoms with van der Waals surface area (Å²) in [5.74, 6) is 0. The van der Waals surface area contributed by atoms with E-state index in [0.29, 0.717) is 0 Å². The van der Waals surface area contributed by atoms with Crippen LogP contribution >= 0.6 is 0 Å². The molecule has 1 aromatic rings. The lowest BCUT2D eigenvalue weighted by Crippen LogP contribution is -2.26. The molecule has 1 aliphatic rings. The van der Waals surface area contributed by atoms with E-state index in [1.54, 1.807) is 6.07 Å². The highest BCUT2D eigenvalue weighted by Crippen LogP contribution is 2.36. The molecule has 2 N–H and O–H groups in total. The summed E-state index contributed by atoms with van der Waals surface area (Å²) in [7, 11) is 0. The van der Waals surface area contributed by atoms with Gasteiger partial charge in [0.05, 0.1) is 11.7 Å². The lowest BCUT2D eigenvalue weighted by Gasteiger charge is -2.11. The fourth-order valence-corrected chi connectivity index (χ4v) is 1.76. The maximum absolute atomic E-state index is 11.5. The van der Waals surface area contributed by atoms with Crippen LogP contribution in [0, 0.1) is 0 Å². The van der Waals surface area contributed by atoms with E-state index in [4.69, 9.17) is 5.73 Å². The van der Waals surface area contributed by atoms with Gasteiger partial charge < -0.3 is 5.73 Å². The van der Waals surface area contributed by atoms with E-state index in [0.717, 1.165) is 31.4 Å². The molecule has 0 amide bonds. The predicted molar refractivity (Wildman–Crippen MR) is 63.4 cm³/mol. The predicted octanol–water partition coefficient (Wildman–Crippen LogP) is 1.25. The molecule has 0 saturated heterocycles. The van der Waals surface area contributed by atoms with E-state index >= 15 is 0 Å². The van der Waals surface area contributed by atoms with Crippen molar-refractivity contribution in [1.82, 2.24) is 9.78 Å². The van der Waals surface area contributed by atoms with E-state index in [9.17, 15) is 4.79 Å². The zero-order chi connectivity index (χ0) is 11.8. The Labute approximate surface area is 95.5 Å². The van der Waals surface area contributed by atoms with Crippen molar-refractivity contribution in [3.8, 4) is 0 Å². The Morgan fingerprint density at radius 3 is 2.75 bits per heavy atom. The largest absolute Gasteiger partial charge is 0.325 e. The fourth-order valence-electron chi connectivity index (χ4n) is 1.76. The van der Waals surface area contributed by atoms with E-state index < -0.39 is 0 Å². The van der Waals surface area contributed by atoms with E-state index in [-0.39, 0.29) is 17.1 Å². The Morgan fingerprint density at radius 2 is 2.19 bits per heavy atom. The van der Waals surface area contributed by atoms with Gasteiger partial charge in [0.25, 0.3) is 5.56 Å². The monoisotopic (exact) mass is 221 g/mol. The third kappa shape index (κ3) is 2.50. The van der Waals surface area contributed by atoms with Gasteiger partial charge in [0.1, 0.15) is 0 Å². The van der Waals surface area contributed by atoms with Gasteiger partial charge in [-0.25, -0.2) is 4.68 Å². The van der Waals surface area contributed by atoms with Crippen molar-refractivity contribution >= 4 is 0 Å². The Hall–Kier alpha value is -1.16. The molecule has 0 aliphatic heterocycles. The van der Waals surface area contributed by atoms with Crippen LogP contribution in [0.3, 0.4) is 0 Å². The van der Waals surface area contributed by atoms with Crippen LogP contribution < -0.4 is 11.3 Å². The molecule has 0 atom stereocenters. The molecule has 88 valence electrons. The van der Waals surface area contributed by atoms with Gasteiger partial charge in [-0.2, -0.15) is 5.10 Å². The van der Waals surface area contributed by atoms with Crippen molar-refractivity contribution in [2.24, 2.45) is 5.73 Å². The quantitative estimate of drug-likeness (QED) is 0.832. The van der Waals surface area contributed by atoms with Crippen LogP contribution in [0.4, 0.5) is 0 Å². The first-order valence-electron chi connectivity index (χ1n) is 5.88. The van der Waals surface area contributed by atoms with Crippen molar-refractivity contribution in [3.63, 3.8) is 0 Å². The number of rotatable bonds is 4. The molecule has 1 heterocycles. The maximum atomic E-state index is 11.5. The van der Waals surface area contributed by atoms with Gasteiger partial charge in [0.2, 0.25) is 0 Å². The van der Waals surface area contributed by atoms with E-state index in [2.05, 4.69) is 5.10 Å². The maximum Gasteiger partial charge on any atom is 0.266 e. The number of hydrogen-bond acceptors (Lipinski definition) is 3. The first-order chi connectivity index (χ1) is 7.50. The number of aryl methyl sites for hydroxylation is 1. The summed E-state index contributed by atoms with van der Waals surface area (Å²) in [5.41, 5.74) is 7.01. The second-order valence-electron chi connectivity index (χ2n) is 5.06. The van der Waals surface area contributed by atoms with Gasteiger partial charge in [-0.15, -0.1) is 0 Å². The van der Waals surface area contributed by atoms with Gasteiger partial charge in [-0.05, 0) is 45.6 Å². The van der Waals surface area contributed by atoms with Crippen LogP contribution in [0.1, 0.15) is 44.8 Å². The first-order valence-corrected chi connectivity index (χ1v) is 5.88. The van der Waals surface area contributed by atoms with Crippen LogP contribution in [0.15, 0.2) is 16.9 Å². The molecular weight excluding hydrogens is 202 g/mol. The average Bonchev–Trinajstić information content (AvgIpc) is 2.96. The molecule has 0 radical (unpaired) electrons. The van der Waals surface area contributed by atoms with Gasteiger partial charge in [-0.1, -0.05) is 0 Å². The van der Waals surface area contributed by atoms with Crippen LogP contribution in [-0.2, 0) is 6.42 Å². The van der Waals surface area contributed by atoms with Crippen LogP contribution in [-0.4, -0.2) is 15.3 Å². The highest BCUT2D eigenvalue weighted by molar-refractivity contribution is 5.06. The summed E-state index contributed by atoms with van der Waals surface area (Å²) in [4.78, 5) is 11.5. The van der Waals surface area contributed by atoms with Crippen molar-refractivity contribution in [1.29, 1.82) is 0 Å². The summed E-state index contributed by atoms with van der Waals surface area (Å²) < 4.78 is 1.53. The lowest BCUT2D eigenvalue weighted by molar-refractivity contribution is 0.487. The van der Waals surface area contributed by atoms with Gasteiger partial charge in [0, 0.05) is 11.6 Å². The molecule has 1 fully saturated rings. The molecule has 1 aromatic heterocycles. The minimum absolute atomic E-state index is 0.0346. The van der Waals surface area contributed by atoms with Crippen LogP contribution in [0.2, 0.25) is 0 Å². The molecule has 1 saturated carbocycles. The van der Waals surface area contributed by atoms with E-state index in [1.165, 1.54) is 4.68 Å². The summed E-state index contributed by atoms with van der Waals surface area (Å²) in [5, 5.41) is 4.35. The molecule has 0 spiro atoms. The molecule has 16 heavy (non-hydrogen) atoms. The Morgan fingerprint density at radius 1 is 1.50 bits per heavy atom. The molecule has 0 unspecified atom stereocenters. The number of hydrogen-bond donors (Lipinski definition) is 1. The second kappa shape index (κ2) is 4.01. The topological polar surface area (TPSA) is 60.9 Å². The molecule has 4 nitrogen and oxygen atoms in total. The lowest BCUT2D eigenvalue weighted by atomic mass is 10.1. The number of nitrogens with zero attached hydrogens (tertiary/aromatic N) is 2. The summed E-state index contributed by atoms with van der Waals surface area (Å²) in [6.45, 7) is 3.92. The summed E-state index contributed by atoms with van der Waals surface area (Å²) in [6, 6.07) is 3.52. The van der Waals surface area contributed by atoms with Crippen molar-refractivity contribution in [2.45, 2.75) is 51.1 Å². The smallest absolute Gasteiger partial charge is 0.266 e. The number of nitrogens with two attached hydrogens (primary N) is 1. The van der Waals surface area contributed by atoms with Gasteiger partial charge in [-0.3, -0.25) is 4.79 Å². The standard InChI is InChI=1S/C12H19N3O/c1-9(2)15-11(16)4-3-10(14-15)5-6-12(13)7-8-12/h3-4,9H,5-8,13H2,1-2H3. The van der Waals surface area contributed by atoms with Crippen LogP contribution in [0.25, 0.3) is 0 Å². The Bertz CT molecular complexity index is 432. The molecule has 0 aromatic carbocycles. The molecular formula is C12H19N3O. The van der Waals surface area contributed by atoms with E-state index in [1.807, 2.05) is 19.9 Å². The van der Waals surface area contributed by atoms with Gasteiger partial charge in [0.15, 0.2) is 0 Å². The van der Waals surface area contributed by atoms with Crippen molar-refractivity contribution in [3.05, 3.63) is 28.2 Å². The van der Waals surface area contributed by atoms with Crippen LogP contribution in [0.5, 0.6) is 0 Å². The highest BCUT2D eigenvalue weighted by Gasteiger charge is 2.37. The molecule has 0 bridgehead atoms. The molecule has 2 rings (SSSR count). The zero-order valence-electron chi connectivity index (χ0n) is 9.94. The zero-order valence-corrected chi connectivity index (χ0v) is 9.94. The fraction of sp³-hybridized carbons (Fsp3) is 0.667. The second-order valence-corrected chi connectivity index (χ2v) is 5.06. The number of aromatic nitrogens is 2. The molecule has 4 heteroatoms. The van der Waals surface area contributed by atoms with Gasteiger partial charge >= 0.3 is 0 Å². The average molecular weight is 221 g/mol. The minimum atomic E-state index is -0.0346. The Balaban J connectivity index is 2.09. The SMILES string of the molecule is CC(C)n1nc(CCC2(N)CC2)ccc1=O. The van der Waals surface area contributed by atoms with Crippen molar-refractivity contribution in [2.75, 3.05) is 0 Å². The third-order valence-electron chi connectivity index (χ3n) is 3.14. The Kier molecular flexibility index (Phi) is 2.84. The third-order valence-corrected chi connectivity index (χ3v) is 3.14. The summed E-state index contributed by atoms with van der Waals surface area (Å²) >= 11 is 0. The highest BCUT2D eigenvalue weighted by atomic mass is 16.1. The van der Waals surface area contributed by atoms with Crippen molar-refractivity contribution < 1.29 is 0 Å². The normalized spacial score (nSPS) is 17.8. The molecule has 1 aliphatic carbocycles. The minimum Gasteiger partial charge on any atom is -0.325 e. The first kappa shape index (κ1) is 11.3. The summed E-state index contributed by atoms with van der Waals surface area (Å²) in [6.07, 6.45) is 4.08.